The van der Waals surface area contributed by atoms with Crippen LogP contribution in [0.25, 0.3) is 0 Å². The van der Waals surface area contributed by atoms with Crippen LogP contribution in [0.5, 0.6) is 0 Å². The van der Waals surface area contributed by atoms with E-state index in [2.05, 4.69) is 25.8 Å². The standard InChI is InChI=1S/C11H19N5O/c17-11(7-13-9-3-1-2-4-9)12-6-5-10-14-8-15-16-10/h8-9,13H,1-7H2,(H,12,17)(H,14,15,16). The summed E-state index contributed by atoms with van der Waals surface area (Å²) in [6.07, 6.45) is 7.13. The minimum atomic E-state index is 0.0522. The third-order valence-corrected chi connectivity index (χ3v) is 3.06. The molecule has 1 saturated carbocycles. The van der Waals surface area contributed by atoms with Gasteiger partial charge in [-0.1, -0.05) is 12.8 Å². The van der Waals surface area contributed by atoms with E-state index < -0.39 is 0 Å². The SMILES string of the molecule is O=C(CNC1CCCC1)NCCc1ncn[nH]1. The lowest BCUT2D eigenvalue weighted by atomic mass is 10.2. The van der Waals surface area contributed by atoms with Gasteiger partial charge in [0.25, 0.3) is 0 Å². The molecule has 6 nitrogen and oxygen atoms in total. The molecule has 94 valence electrons. The van der Waals surface area contributed by atoms with Crippen molar-refractivity contribution in [3.05, 3.63) is 12.2 Å². The average Bonchev–Trinajstić information content (AvgIpc) is 2.99. The Balaban J connectivity index is 1.54. The largest absolute Gasteiger partial charge is 0.355 e. The van der Waals surface area contributed by atoms with Crippen molar-refractivity contribution in [3.8, 4) is 0 Å². The molecule has 17 heavy (non-hydrogen) atoms. The zero-order valence-electron chi connectivity index (χ0n) is 9.91. The number of aromatic nitrogens is 3. The first-order valence-corrected chi connectivity index (χ1v) is 6.19. The average molecular weight is 237 g/mol. The first-order chi connectivity index (χ1) is 8.34. The van der Waals surface area contributed by atoms with E-state index in [0.29, 0.717) is 25.6 Å². The normalized spacial score (nSPS) is 16.2. The summed E-state index contributed by atoms with van der Waals surface area (Å²) in [5, 5.41) is 12.6. The second-order valence-electron chi connectivity index (χ2n) is 4.39. The maximum Gasteiger partial charge on any atom is 0.233 e. The number of H-pyrrole nitrogens is 1. The molecule has 0 aliphatic heterocycles. The van der Waals surface area contributed by atoms with E-state index in [1.807, 2.05) is 0 Å². The fraction of sp³-hybridized carbons (Fsp3) is 0.727. The molecule has 0 spiro atoms. The Morgan fingerprint density at radius 1 is 1.47 bits per heavy atom. The molecule has 0 bridgehead atoms. The van der Waals surface area contributed by atoms with E-state index in [9.17, 15) is 4.79 Å². The Kier molecular flexibility index (Phi) is 4.49. The highest BCUT2D eigenvalue weighted by Crippen LogP contribution is 2.17. The van der Waals surface area contributed by atoms with E-state index in [1.54, 1.807) is 0 Å². The highest BCUT2D eigenvalue weighted by atomic mass is 16.1. The number of hydrogen-bond donors (Lipinski definition) is 3. The highest BCUT2D eigenvalue weighted by molar-refractivity contribution is 5.77. The Morgan fingerprint density at radius 3 is 3.00 bits per heavy atom. The lowest BCUT2D eigenvalue weighted by molar-refractivity contribution is -0.120. The second-order valence-corrected chi connectivity index (χ2v) is 4.39. The van der Waals surface area contributed by atoms with Crippen molar-refractivity contribution in [3.63, 3.8) is 0 Å². The van der Waals surface area contributed by atoms with Gasteiger partial charge in [-0.2, -0.15) is 5.10 Å². The summed E-state index contributed by atoms with van der Waals surface area (Å²) >= 11 is 0. The van der Waals surface area contributed by atoms with Crippen molar-refractivity contribution in [1.82, 2.24) is 25.8 Å². The molecular formula is C11H19N5O. The smallest absolute Gasteiger partial charge is 0.233 e. The molecule has 1 aliphatic carbocycles. The Hall–Kier alpha value is -1.43. The lowest BCUT2D eigenvalue weighted by Gasteiger charge is -2.11. The van der Waals surface area contributed by atoms with Crippen LogP contribution in [-0.2, 0) is 11.2 Å². The molecule has 1 aliphatic rings. The zero-order valence-corrected chi connectivity index (χ0v) is 9.91. The molecular weight excluding hydrogens is 218 g/mol. The molecule has 1 heterocycles. The number of hydrogen-bond acceptors (Lipinski definition) is 4. The molecule has 1 aromatic heterocycles. The van der Waals surface area contributed by atoms with Crippen molar-refractivity contribution < 1.29 is 4.79 Å². The summed E-state index contributed by atoms with van der Waals surface area (Å²) in [6, 6.07) is 0.537. The first-order valence-electron chi connectivity index (χ1n) is 6.19. The van der Waals surface area contributed by atoms with Crippen LogP contribution >= 0.6 is 0 Å². The number of nitrogens with one attached hydrogen (secondary N) is 3. The monoisotopic (exact) mass is 237 g/mol. The summed E-state index contributed by atoms with van der Waals surface area (Å²) in [6.45, 7) is 1.02. The summed E-state index contributed by atoms with van der Waals surface area (Å²) in [5.74, 6) is 0.852. The first kappa shape index (κ1) is 12.0. The minimum Gasteiger partial charge on any atom is -0.355 e. The van der Waals surface area contributed by atoms with Gasteiger partial charge in [0.2, 0.25) is 5.91 Å². The maximum absolute atomic E-state index is 11.5. The molecule has 1 amide bonds. The Labute approximate surface area is 101 Å². The minimum absolute atomic E-state index is 0.0522. The number of carbonyl (C=O) groups is 1. The van der Waals surface area contributed by atoms with Crippen LogP contribution in [0, 0.1) is 0 Å². The summed E-state index contributed by atoms with van der Waals surface area (Å²) in [5.41, 5.74) is 0. The highest BCUT2D eigenvalue weighted by Gasteiger charge is 2.14. The molecule has 0 atom stereocenters. The number of amides is 1. The van der Waals surface area contributed by atoms with Gasteiger partial charge in [-0.05, 0) is 12.8 Å². The van der Waals surface area contributed by atoms with Crippen LogP contribution in [0.1, 0.15) is 31.5 Å². The van der Waals surface area contributed by atoms with Crippen LogP contribution < -0.4 is 10.6 Å². The van der Waals surface area contributed by atoms with Crippen LogP contribution in [0.3, 0.4) is 0 Å². The summed E-state index contributed by atoms with van der Waals surface area (Å²) in [4.78, 5) is 15.5. The van der Waals surface area contributed by atoms with Gasteiger partial charge in [0.05, 0.1) is 6.54 Å². The number of rotatable bonds is 6. The number of aromatic amines is 1. The fourth-order valence-corrected chi connectivity index (χ4v) is 2.10. The topological polar surface area (TPSA) is 82.7 Å². The van der Waals surface area contributed by atoms with Crippen LogP contribution in [0.4, 0.5) is 0 Å². The predicted molar refractivity (Wildman–Crippen MR) is 63.4 cm³/mol. The van der Waals surface area contributed by atoms with Gasteiger partial charge in [0.15, 0.2) is 0 Å². The lowest BCUT2D eigenvalue weighted by Crippen LogP contribution is -2.38. The van der Waals surface area contributed by atoms with Gasteiger partial charge >= 0.3 is 0 Å². The molecule has 1 aromatic rings. The van der Waals surface area contributed by atoms with E-state index in [1.165, 1.54) is 32.0 Å². The Bertz CT molecular complexity index is 332. The quantitative estimate of drug-likeness (QED) is 0.650. The van der Waals surface area contributed by atoms with Gasteiger partial charge in [-0.15, -0.1) is 0 Å². The third kappa shape index (κ3) is 4.14. The predicted octanol–water partition coefficient (Wildman–Crippen LogP) is -0.00440. The van der Waals surface area contributed by atoms with Crippen molar-refractivity contribution in [2.24, 2.45) is 0 Å². The molecule has 0 saturated heterocycles. The van der Waals surface area contributed by atoms with Gasteiger partial charge < -0.3 is 10.6 Å². The second kappa shape index (κ2) is 6.34. The van der Waals surface area contributed by atoms with E-state index in [4.69, 9.17) is 0 Å². The number of carbonyl (C=O) groups excluding carboxylic acids is 1. The molecule has 6 heteroatoms. The van der Waals surface area contributed by atoms with Crippen LogP contribution in [0.2, 0.25) is 0 Å². The zero-order chi connectivity index (χ0) is 11.9. The molecule has 0 aromatic carbocycles. The molecule has 1 fully saturated rings. The summed E-state index contributed by atoms with van der Waals surface area (Å²) in [7, 11) is 0. The van der Waals surface area contributed by atoms with Gasteiger partial charge in [-0.3, -0.25) is 9.89 Å². The molecule has 0 unspecified atom stereocenters. The Morgan fingerprint density at radius 2 is 2.29 bits per heavy atom. The van der Waals surface area contributed by atoms with Crippen molar-refractivity contribution >= 4 is 5.91 Å². The fourth-order valence-electron chi connectivity index (χ4n) is 2.10. The molecule has 0 radical (unpaired) electrons. The van der Waals surface area contributed by atoms with Crippen molar-refractivity contribution in [2.75, 3.05) is 13.1 Å². The third-order valence-electron chi connectivity index (χ3n) is 3.06. The van der Waals surface area contributed by atoms with Gasteiger partial charge in [0.1, 0.15) is 12.2 Å². The number of nitrogens with zero attached hydrogens (tertiary/aromatic N) is 2. The molecule has 3 N–H and O–H groups in total. The van der Waals surface area contributed by atoms with Crippen LogP contribution in [-0.4, -0.2) is 40.2 Å². The van der Waals surface area contributed by atoms with E-state index in [0.717, 1.165) is 5.82 Å². The van der Waals surface area contributed by atoms with Crippen molar-refractivity contribution in [2.45, 2.75) is 38.1 Å². The molecule has 2 rings (SSSR count). The van der Waals surface area contributed by atoms with Gasteiger partial charge in [-0.25, -0.2) is 4.98 Å². The van der Waals surface area contributed by atoms with Crippen LogP contribution in [0.15, 0.2) is 6.33 Å². The maximum atomic E-state index is 11.5. The summed E-state index contributed by atoms with van der Waals surface area (Å²) < 4.78 is 0. The van der Waals surface area contributed by atoms with Gasteiger partial charge in [0, 0.05) is 19.0 Å². The van der Waals surface area contributed by atoms with E-state index in [-0.39, 0.29) is 5.91 Å². The van der Waals surface area contributed by atoms with E-state index >= 15 is 0 Å². The van der Waals surface area contributed by atoms with Crippen molar-refractivity contribution in [1.29, 1.82) is 0 Å².